The van der Waals surface area contributed by atoms with Crippen LogP contribution in [0.25, 0.3) is 0 Å². The summed E-state index contributed by atoms with van der Waals surface area (Å²) in [6.07, 6.45) is 1.15. The summed E-state index contributed by atoms with van der Waals surface area (Å²) in [5.41, 5.74) is 5.71. The Bertz CT molecular complexity index is 420. The molecule has 0 saturated carbocycles. The van der Waals surface area contributed by atoms with Crippen LogP contribution in [0.4, 0.5) is 10.9 Å². The Morgan fingerprint density at radius 2 is 2.47 bits per heavy atom. The van der Waals surface area contributed by atoms with E-state index in [1.807, 2.05) is 0 Å². The van der Waals surface area contributed by atoms with Gasteiger partial charge in [-0.2, -0.15) is 0 Å². The van der Waals surface area contributed by atoms with Gasteiger partial charge in [-0.1, -0.05) is 11.3 Å². The zero-order valence-electron chi connectivity index (χ0n) is 9.64. The molecule has 0 aromatic carbocycles. The summed E-state index contributed by atoms with van der Waals surface area (Å²) in [6.45, 7) is 1.05. The van der Waals surface area contributed by atoms with Crippen LogP contribution in [-0.4, -0.2) is 47.1 Å². The number of hydrogen-bond donors (Lipinski definition) is 3. The molecule has 2 heterocycles. The predicted molar refractivity (Wildman–Crippen MR) is 67.2 cm³/mol. The Morgan fingerprint density at radius 1 is 1.71 bits per heavy atom. The number of nitrogens with zero attached hydrogens (tertiary/aromatic N) is 2. The standard InChI is InChI=1S/C10H16N4O2S/c1-12-10-13-8(11)7(17-10)9(16)14-4-2-3-6(15)5-14/h6,15H,2-5,11H2,1H3,(H,12,13). The maximum Gasteiger partial charge on any atom is 0.267 e. The number of hydrogen-bond acceptors (Lipinski definition) is 6. The molecule has 0 aliphatic carbocycles. The first kappa shape index (κ1) is 12.1. The second-order valence-corrected chi connectivity index (χ2v) is 5.03. The number of likely N-dealkylation sites (tertiary alicyclic amines) is 1. The van der Waals surface area contributed by atoms with Crippen LogP contribution >= 0.6 is 11.3 Å². The van der Waals surface area contributed by atoms with Crippen molar-refractivity contribution < 1.29 is 9.90 Å². The summed E-state index contributed by atoms with van der Waals surface area (Å²) in [5, 5.41) is 13.0. The Hall–Kier alpha value is -1.34. The molecular weight excluding hydrogens is 240 g/mol. The van der Waals surface area contributed by atoms with Crippen molar-refractivity contribution in [1.29, 1.82) is 0 Å². The average Bonchev–Trinajstić information content (AvgIpc) is 2.69. The molecular formula is C10H16N4O2S. The Morgan fingerprint density at radius 3 is 3.06 bits per heavy atom. The van der Waals surface area contributed by atoms with Gasteiger partial charge >= 0.3 is 0 Å². The fourth-order valence-electron chi connectivity index (χ4n) is 1.87. The monoisotopic (exact) mass is 256 g/mol. The van der Waals surface area contributed by atoms with Crippen LogP contribution in [0.3, 0.4) is 0 Å². The normalized spacial score (nSPS) is 20.4. The first-order valence-electron chi connectivity index (χ1n) is 5.53. The summed E-state index contributed by atoms with van der Waals surface area (Å²) in [7, 11) is 1.73. The molecule has 0 spiro atoms. The molecule has 1 saturated heterocycles. The molecule has 17 heavy (non-hydrogen) atoms. The molecule has 4 N–H and O–H groups in total. The molecule has 94 valence electrons. The van der Waals surface area contributed by atoms with Gasteiger partial charge in [-0.05, 0) is 12.8 Å². The number of thiazole rings is 1. The Balaban J connectivity index is 2.15. The molecule has 2 rings (SSSR count). The van der Waals surface area contributed by atoms with Gasteiger partial charge in [-0.25, -0.2) is 4.98 Å². The van der Waals surface area contributed by atoms with E-state index in [1.165, 1.54) is 11.3 Å². The lowest BCUT2D eigenvalue weighted by molar-refractivity contribution is 0.0478. The van der Waals surface area contributed by atoms with Gasteiger partial charge in [0.15, 0.2) is 5.13 Å². The van der Waals surface area contributed by atoms with E-state index in [1.54, 1.807) is 11.9 Å². The SMILES string of the molecule is CNc1nc(N)c(C(=O)N2CCCC(O)C2)s1. The molecule has 1 fully saturated rings. The molecule has 1 unspecified atom stereocenters. The van der Waals surface area contributed by atoms with Gasteiger partial charge in [-0.3, -0.25) is 4.79 Å². The highest BCUT2D eigenvalue weighted by atomic mass is 32.1. The molecule has 0 radical (unpaired) electrons. The molecule has 1 atom stereocenters. The molecule has 1 amide bonds. The molecule has 1 aromatic rings. The van der Waals surface area contributed by atoms with Gasteiger partial charge in [0.1, 0.15) is 10.7 Å². The Labute approximate surface area is 103 Å². The van der Waals surface area contributed by atoms with Crippen LogP contribution in [-0.2, 0) is 0 Å². The van der Waals surface area contributed by atoms with Crippen molar-refractivity contribution in [2.75, 3.05) is 31.2 Å². The third-order valence-corrected chi connectivity index (χ3v) is 3.82. The summed E-state index contributed by atoms with van der Waals surface area (Å²) in [5.74, 6) is 0.115. The first-order valence-corrected chi connectivity index (χ1v) is 6.35. The van der Waals surface area contributed by atoms with Crippen LogP contribution in [0.5, 0.6) is 0 Å². The van der Waals surface area contributed by atoms with Crippen LogP contribution in [0.15, 0.2) is 0 Å². The second-order valence-electron chi connectivity index (χ2n) is 4.03. The average molecular weight is 256 g/mol. The van der Waals surface area contributed by atoms with Crippen LogP contribution in [0.1, 0.15) is 22.5 Å². The Kier molecular flexibility index (Phi) is 3.49. The summed E-state index contributed by atoms with van der Waals surface area (Å²) in [6, 6.07) is 0. The fourth-order valence-corrected chi connectivity index (χ4v) is 2.68. The van der Waals surface area contributed by atoms with Gasteiger partial charge in [0, 0.05) is 20.1 Å². The molecule has 7 heteroatoms. The summed E-state index contributed by atoms with van der Waals surface area (Å²) in [4.78, 5) is 18.3. The minimum Gasteiger partial charge on any atom is -0.391 e. The third kappa shape index (κ3) is 2.50. The smallest absolute Gasteiger partial charge is 0.267 e. The number of anilines is 2. The van der Waals surface area contributed by atoms with Crippen molar-refractivity contribution in [2.45, 2.75) is 18.9 Å². The van der Waals surface area contributed by atoms with Crippen molar-refractivity contribution in [3.63, 3.8) is 0 Å². The number of piperidine rings is 1. The van der Waals surface area contributed by atoms with Crippen LogP contribution in [0, 0.1) is 0 Å². The largest absolute Gasteiger partial charge is 0.391 e. The lowest BCUT2D eigenvalue weighted by Crippen LogP contribution is -2.42. The fraction of sp³-hybridized carbons (Fsp3) is 0.600. The van der Waals surface area contributed by atoms with Crippen molar-refractivity contribution >= 4 is 28.2 Å². The number of aliphatic hydroxyl groups is 1. The van der Waals surface area contributed by atoms with Crippen LogP contribution in [0.2, 0.25) is 0 Å². The third-order valence-electron chi connectivity index (χ3n) is 2.75. The molecule has 1 aliphatic rings. The van der Waals surface area contributed by atoms with Gasteiger partial charge in [0.25, 0.3) is 5.91 Å². The molecule has 1 aliphatic heterocycles. The van der Waals surface area contributed by atoms with Crippen LogP contribution < -0.4 is 11.1 Å². The van der Waals surface area contributed by atoms with Gasteiger partial charge < -0.3 is 21.1 Å². The minimum atomic E-state index is -0.425. The summed E-state index contributed by atoms with van der Waals surface area (Å²) >= 11 is 1.24. The van der Waals surface area contributed by atoms with Crippen molar-refractivity contribution in [1.82, 2.24) is 9.88 Å². The lowest BCUT2D eigenvalue weighted by atomic mass is 10.1. The quantitative estimate of drug-likeness (QED) is 0.711. The number of nitrogens with two attached hydrogens (primary N) is 1. The number of nitrogen functional groups attached to an aromatic ring is 1. The number of aromatic nitrogens is 1. The summed E-state index contributed by atoms with van der Waals surface area (Å²) < 4.78 is 0. The van der Waals surface area contributed by atoms with E-state index in [9.17, 15) is 9.90 Å². The molecule has 1 aromatic heterocycles. The molecule has 6 nitrogen and oxygen atoms in total. The number of rotatable bonds is 2. The van der Waals surface area contributed by atoms with E-state index in [2.05, 4.69) is 10.3 Å². The zero-order chi connectivity index (χ0) is 12.4. The minimum absolute atomic E-state index is 0.139. The number of amides is 1. The number of β-amino-alcohol motifs (C(OH)–C–C–N with tert-alkyl or cyclic N) is 1. The van der Waals surface area contributed by atoms with Crippen molar-refractivity contribution in [3.05, 3.63) is 4.88 Å². The van der Waals surface area contributed by atoms with E-state index in [-0.39, 0.29) is 11.7 Å². The van der Waals surface area contributed by atoms with E-state index < -0.39 is 6.10 Å². The highest BCUT2D eigenvalue weighted by Gasteiger charge is 2.26. The highest BCUT2D eigenvalue weighted by molar-refractivity contribution is 7.18. The van der Waals surface area contributed by atoms with E-state index >= 15 is 0 Å². The lowest BCUT2D eigenvalue weighted by Gasteiger charge is -2.29. The van der Waals surface area contributed by atoms with E-state index in [0.29, 0.717) is 23.1 Å². The number of carbonyl (C=O) groups is 1. The predicted octanol–water partition coefficient (Wildman–Crippen LogP) is 0.364. The zero-order valence-corrected chi connectivity index (χ0v) is 10.5. The van der Waals surface area contributed by atoms with Crippen molar-refractivity contribution in [2.24, 2.45) is 0 Å². The van der Waals surface area contributed by atoms with Gasteiger partial charge in [-0.15, -0.1) is 0 Å². The van der Waals surface area contributed by atoms with Gasteiger partial charge in [0.2, 0.25) is 0 Å². The maximum absolute atomic E-state index is 12.2. The van der Waals surface area contributed by atoms with E-state index in [0.717, 1.165) is 12.8 Å². The number of nitrogens with one attached hydrogen (secondary N) is 1. The number of carbonyl (C=O) groups excluding carboxylic acids is 1. The molecule has 0 bridgehead atoms. The highest BCUT2D eigenvalue weighted by Crippen LogP contribution is 2.26. The maximum atomic E-state index is 12.2. The topological polar surface area (TPSA) is 91.5 Å². The van der Waals surface area contributed by atoms with E-state index in [4.69, 9.17) is 5.73 Å². The number of aliphatic hydroxyl groups excluding tert-OH is 1. The second kappa shape index (κ2) is 4.89. The first-order chi connectivity index (χ1) is 8.11. The van der Waals surface area contributed by atoms with Crippen molar-refractivity contribution in [3.8, 4) is 0 Å². The van der Waals surface area contributed by atoms with Gasteiger partial charge in [0.05, 0.1) is 6.10 Å².